The van der Waals surface area contributed by atoms with Crippen molar-refractivity contribution in [3.63, 3.8) is 0 Å². The van der Waals surface area contributed by atoms with Crippen LogP contribution < -0.4 is 0 Å². The molecule has 2 aromatic heterocycles. The van der Waals surface area contributed by atoms with Gasteiger partial charge in [-0.25, -0.2) is 4.79 Å². The number of thiophene rings is 1. The zero-order valence-corrected chi connectivity index (χ0v) is 9.62. The highest BCUT2D eigenvalue weighted by Crippen LogP contribution is 2.35. The van der Waals surface area contributed by atoms with Gasteiger partial charge in [0.05, 0.1) is 0 Å². The van der Waals surface area contributed by atoms with E-state index in [0.717, 1.165) is 21.3 Å². The van der Waals surface area contributed by atoms with Crippen molar-refractivity contribution in [1.82, 2.24) is 4.98 Å². The van der Waals surface area contributed by atoms with Crippen molar-refractivity contribution in [1.29, 1.82) is 0 Å². The number of fused-ring (bicyclic) bond motifs is 1. The summed E-state index contributed by atoms with van der Waals surface area (Å²) in [5.74, 6) is -0.926. The Balaban J connectivity index is 2.40. The summed E-state index contributed by atoms with van der Waals surface area (Å²) < 4.78 is 0. The molecule has 0 saturated heterocycles. The molecule has 3 aromatic rings. The molecule has 0 bridgehead atoms. The molecule has 0 fully saturated rings. The van der Waals surface area contributed by atoms with Gasteiger partial charge in [0.15, 0.2) is 0 Å². The van der Waals surface area contributed by atoms with Gasteiger partial charge < -0.3 is 10.1 Å². The van der Waals surface area contributed by atoms with Crippen LogP contribution in [0.3, 0.4) is 0 Å². The quantitative estimate of drug-likeness (QED) is 0.722. The molecule has 3 nitrogen and oxygen atoms in total. The Labute approximate surface area is 101 Å². The number of nitrogens with one attached hydrogen (secondary N) is 1. The van der Waals surface area contributed by atoms with Gasteiger partial charge in [-0.15, -0.1) is 11.3 Å². The summed E-state index contributed by atoms with van der Waals surface area (Å²) >= 11 is 1.54. The predicted octanol–water partition coefficient (Wildman–Crippen LogP) is 3.59. The van der Waals surface area contributed by atoms with Crippen LogP contribution in [0, 0.1) is 0 Å². The van der Waals surface area contributed by atoms with Crippen LogP contribution in [0.25, 0.3) is 21.3 Å². The molecule has 17 heavy (non-hydrogen) atoms. The number of carbonyl (C=O) groups is 1. The highest BCUT2D eigenvalue weighted by Gasteiger charge is 2.18. The average molecular weight is 243 g/mol. The molecule has 0 unspecified atom stereocenters. The Morgan fingerprint density at radius 3 is 2.71 bits per heavy atom. The zero-order chi connectivity index (χ0) is 11.8. The van der Waals surface area contributed by atoms with E-state index >= 15 is 0 Å². The lowest BCUT2D eigenvalue weighted by molar-refractivity contribution is 0.0692. The lowest BCUT2D eigenvalue weighted by atomic mass is 10.1. The molecule has 2 heterocycles. The van der Waals surface area contributed by atoms with E-state index in [4.69, 9.17) is 0 Å². The first kappa shape index (κ1) is 10.1. The Morgan fingerprint density at radius 1 is 1.18 bits per heavy atom. The molecule has 4 heteroatoms. The van der Waals surface area contributed by atoms with Gasteiger partial charge in [-0.3, -0.25) is 0 Å². The third kappa shape index (κ3) is 1.54. The van der Waals surface area contributed by atoms with Gasteiger partial charge in [0.1, 0.15) is 5.69 Å². The SMILES string of the molecule is O=C(O)c1[nH]c2ccccc2c1-c1cccs1. The van der Waals surface area contributed by atoms with Crippen molar-refractivity contribution in [3.8, 4) is 10.4 Å². The number of H-pyrrole nitrogens is 1. The Bertz CT molecular complexity index is 683. The minimum atomic E-state index is -0.926. The van der Waals surface area contributed by atoms with Gasteiger partial charge in [0.25, 0.3) is 0 Å². The molecule has 0 aliphatic heterocycles. The smallest absolute Gasteiger partial charge is 0.353 e. The number of aromatic amines is 1. The van der Waals surface area contributed by atoms with E-state index in [9.17, 15) is 9.90 Å². The summed E-state index contributed by atoms with van der Waals surface area (Å²) in [5, 5.41) is 12.1. The van der Waals surface area contributed by atoms with Crippen LogP contribution in [0.1, 0.15) is 10.5 Å². The molecule has 2 N–H and O–H groups in total. The monoisotopic (exact) mass is 243 g/mol. The first-order chi connectivity index (χ1) is 8.27. The zero-order valence-electron chi connectivity index (χ0n) is 8.81. The molecular formula is C13H9NO2S. The lowest BCUT2D eigenvalue weighted by Gasteiger charge is -1.97. The normalized spacial score (nSPS) is 10.8. The summed E-state index contributed by atoms with van der Waals surface area (Å²) in [5.41, 5.74) is 1.89. The molecule has 1 aromatic carbocycles. The van der Waals surface area contributed by atoms with Gasteiger partial charge >= 0.3 is 5.97 Å². The first-order valence-electron chi connectivity index (χ1n) is 5.15. The van der Waals surface area contributed by atoms with E-state index < -0.39 is 5.97 Å². The largest absolute Gasteiger partial charge is 0.477 e. The summed E-state index contributed by atoms with van der Waals surface area (Å²) in [6.45, 7) is 0. The van der Waals surface area contributed by atoms with E-state index in [0.29, 0.717) is 0 Å². The van der Waals surface area contributed by atoms with Crippen molar-refractivity contribution in [2.75, 3.05) is 0 Å². The fourth-order valence-electron chi connectivity index (χ4n) is 1.98. The minimum absolute atomic E-state index is 0.258. The van der Waals surface area contributed by atoms with Crippen molar-refractivity contribution < 1.29 is 9.90 Å². The second-order valence-electron chi connectivity index (χ2n) is 3.70. The lowest BCUT2D eigenvalue weighted by Crippen LogP contribution is -1.97. The summed E-state index contributed by atoms with van der Waals surface area (Å²) in [6, 6.07) is 11.5. The van der Waals surface area contributed by atoms with Crippen LogP contribution in [-0.2, 0) is 0 Å². The number of benzene rings is 1. The van der Waals surface area contributed by atoms with Crippen molar-refractivity contribution in [2.45, 2.75) is 0 Å². The van der Waals surface area contributed by atoms with Crippen LogP contribution in [-0.4, -0.2) is 16.1 Å². The van der Waals surface area contributed by atoms with Gasteiger partial charge in [0.2, 0.25) is 0 Å². The van der Waals surface area contributed by atoms with E-state index in [1.807, 2.05) is 41.8 Å². The number of rotatable bonds is 2. The van der Waals surface area contributed by atoms with Crippen molar-refractivity contribution in [3.05, 3.63) is 47.5 Å². The van der Waals surface area contributed by atoms with Gasteiger partial charge in [-0.1, -0.05) is 24.3 Å². The molecule has 0 atom stereocenters. The standard InChI is InChI=1S/C13H9NO2S/c15-13(16)12-11(10-6-3-7-17-10)8-4-1-2-5-9(8)14-12/h1-7,14H,(H,15,16). The van der Waals surface area contributed by atoms with E-state index in [1.165, 1.54) is 0 Å². The van der Waals surface area contributed by atoms with Crippen LogP contribution in [0.5, 0.6) is 0 Å². The van der Waals surface area contributed by atoms with Crippen LogP contribution in [0.4, 0.5) is 0 Å². The second kappa shape index (κ2) is 3.75. The molecule has 0 spiro atoms. The van der Waals surface area contributed by atoms with Crippen LogP contribution in [0.15, 0.2) is 41.8 Å². The maximum Gasteiger partial charge on any atom is 0.353 e. The third-order valence-electron chi connectivity index (χ3n) is 2.69. The first-order valence-corrected chi connectivity index (χ1v) is 6.03. The number of para-hydroxylation sites is 1. The molecule has 84 valence electrons. The number of aromatic nitrogens is 1. The molecule has 0 radical (unpaired) electrons. The van der Waals surface area contributed by atoms with Gasteiger partial charge in [-0.05, 0) is 17.5 Å². The second-order valence-corrected chi connectivity index (χ2v) is 4.65. The van der Waals surface area contributed by atoms with Gasteiger partial charge in [0, 0.05) is 21.3 Å². The fourth-order valence-corrected chi connectivity index (χ4v) is 2.77. The third-order valence-corrected chi connectivity index (χ3v) is 3.57. The van der Waals surface area contributed by atoms with Gasteiger partial charge in [-0.2, -0.15) is 0 Å². The number of hydrogen-bond donors (Lipinski definition) is 2. The van der Waals surface area contributed by atoms with Crippen molar-refractivity contribution in [2.24, 2.45) is 0 Å². The summed E-state index contributed by atoms with van der Waals surface area (Å²) in [4.78, 5) is 15.2. The molecule has 0 aliphatic rings. The number of carboxylic acid groups (broad SMARTS) is 1. The Kier molecular flexibility index (Phi) is 2.23. The van der Waals surface area contributed by atoms with Crippen molar-refractivity contribution >= 4 is 28.2 Å². The maximum absolute atomic E-state index is 11.3. The van der Waals surface area contributed by atoms with Crippen LogP contribution >= 0.6 is 11.3 Å². The van der Waals surface area contributed by atoms with Crippen LogP contribution in [0.2, 0.25) is 0 Å². The molecular weight excluding hydrogens is 234 g/mol. The van der Waals surface area contributed by atoms with E-state index in [2.05, 4.69) is 4.98 Å². The highest BCUT2D eigenvalue weighted by molar-refractivity contribution is 7.13. The molecule has 0 aliphatic carbocycles. The van der Waals surface area contributed by atoms with E-state index in [1.54, 1.807) is 11.3 Å². The summed E-state index contributed by atoms with van der Waals surface area (Å²) in [6.07, 6.45) is 0. The Morgan fingerprint density at radius 2 is 2.00 bits per heavy atom. The topological polar surface area (TPSA) is 53.1 Å². The fraction of sp³-hybridized carbons (Fsp3) is 0. The van der Waals surface area contributed by atoms with E-state index in [-0.39, 0.29) is 5.69 Å². The number of aromatic carboxylic acids is 1. The minimum Gasteiger partial charge on any atom is -0.477 e. The Hall–Kier alpha value is -2.07. The average Bonchev–Trinajstić information content (AvgIpc) is 2.94. The number of carboxylic acids is 1. The predicted molar refractivity (Wildman–Crippen MR) is 68.6 cm³/mol. The summed E-state index contributed by atoms with van der Waals surface area (Å²) in [7, 11) is 0. The molecule has 0 saturated carbocycles. The number of hydrogen-bond acceptors (Lipinski definition) is 2. The molecule has 0 amide bonds. The maximum atomic E-state index is 11.3. The highest BCUT2D eigenvalue weighted by atomic mass is 32.1. The molecule has 3 rings (SSSR count).